The lowest BCUT2D eigenvalue weighted by atomic mass is 9.83. The Hall–Kier alpha value is -1.73. The Morgan fingerprint density at radius 2 is 1.54 bits per heavy atom. The van der Waals surface area contributed by atoms with Gasteiger partial charge in [0, 0.05) is 25.7 Å². The zero-order valence-electron chi connectivity index (χ0n) is 31.2. The van der Waals surface area contributed by atoms with E-state index in [9.17, 15) is 49.3 Å². The number of halogens is 2. The number of aliphatic hydroxyl groups is 7. The molecule has 24 heteroatoms. The molecule has 4 heterocycles. The number of nitrogens with two attached hydrogens (primary N) is 5. The van der Waals surface area contributed by atoms with Crippen LogP contribution in [0.15, 0.2) is 12.2 Å². The Kier molecular flexibility index (Phi) is 16.1. The molecule has 5 aliphatic rings. The molecule has 0 aromatic carbocycles. The minimum absolute atomic E-state index is 0.230. The number of hydrogen-bond donors (Lipinski definition) is 15. The fourth-order valence-corrected chi connectivity index (χ4v) is 7.55. The van der Waals surface area contributed by atoms with Gasteiger partial charge in [-0.1, -0.05) is 12.2 Å². The first-order valence-electron chi connectivity index (χ1n) is 19.0. The molecule has 57 heavy (non-hydrogen) atoms. The van der Waals surface area contributed by atoms with Crippen molar-refractivity contribution >= 4 is 5.91 Å². The Morgan fingerprint density at radius 3 is 2.19 bits per heavy atom. The third-order valence-corrected chi connectivity index (χ3v) is 11.1. The van der Waals surface area contributed by atoms with Gasteiger partial charge in [0.1, 0.15) is 54.9 Å². The summed E-state index contributed by atoms with van der Waals surface area (Å²) in [7, 11) is 0. The molecule has 5 rings (SSSR count). The van der Waals surface area contributed by atoms with Crippen molar-refractivity contribution in [3.8, 4) is 0 Å². The van der Waals surface area contributed by atoms with Crippen molar-refractivity contribution in [1.82, 2.24) is 16.0 Å². The molecule has 22 nitrogen and oxygen atoms in total. The number of carbonyl (C=O) groups is 1. The van der Waals surface area contributed by atoms with Crippen LogP contribution in [0.1, 0.15) is 19.3 Å². The smallest absolute Gasteiger partial charge is 0.294 e. The van der Waals surface area contributed by atoms with E-state index < -0.39 is 141 Å². The highest BCUT2D eigenvalue weighted by molar-refractivity contribution is 5.82. The summed E-state index contributed by atoms with van der Waals surface area (Å²) in [6, 6.07) is -4.80. The molecule has 0 spiro atoms. The van der Waals surface area contributed by atoms with Gasteiger partial charge in [0.15, 0.2) is 25.0 Å². The van der Waals surface area contributed by atoms with Gasteiger partial charge < -0.3 is 109 Å². The molecular formula is C33H60F2N8O14. The highest BCUT2D eigenvalue weighted by Gasteiger charge is 2.54. The first-order valence-corrected chi connectivity index (χ1v) is 19.0. The Labute approximate surface area is 327 Å². The Morgan fingerprint density at radius 1 is 0.895 bits per heavy atom. The number of ether oxygens (including phenoxy) is 6. The molecule has 1 saturated carbocycles. The maximum Gasteiger partial charge on any atom is 0.294 e. The molecule has 4 aliphatic heterocycles. The van der Waals surface area contributed by atoms with Gasteiger partial charge in [0.05, 0.1) is 43.0 Å². The summed E-state index contributed by atoms with van der Waals surface area (Å²) in [5.74, 6) is -5.57. The van der Waals surface area contributed by atoms with Crippen LogP contribution in [0, 0.1) is 0 Å². The van der Waals surface area contributed by atoms with Gasteiger partial charge in [-0.2, -0.15) is 0 Å². The van der Waals surface area contributed by atoms with Crippen molar-refractivity contribution in [2.45, 2.75) is 141 Å². The van der Waals surface area contributed by atoms with Crippen molar-refractivity contribution in [2.24, 2.45) is 28.7 Å². The van der Waals surface area contributed by atoms with Crippen molar-refractivity contribution in [2.75, 3.05) is 45.9 Å². The van der Waals surface area contributed by atoms with Gasteiger partial charge >= 0.3 is 0 Å². The molecule has 0 aromatic heterocycles. The SMILES string of the molecule is NC[C@@H]1O[C@H](O[C@H]2[C@@H](O)[C@H](O[C@@H]3[C@@H](O)[C@H](NC(=O)[C@@H](O)C(F)(F)CN)C[C@H](N)[C@H]3O[C@H]3O[C@H](CNCC4(O)CCNCC4)C=C[C@H]3N)O[C@@H]2CO)[C@H](N)[C@@H](O)[C@@H]1O. The van der Waals surface area contributed by atoms with E-state index in [-0.39, 0.29) is 19.5 Å². The number of nitrogens with one attached hydrogen (secondary N) is 3. The standard InChI is InChI=1S/C33H60F2N8O14/c34-33(35,11-37)27(49)28(50)43-16-7-15(39)24(55-29-14(38)2-1-13(52-29)9-42-12-32(51)3-5-41-6-4-32)26(20(16)45)57-31-23(48)25(18(10-44)54-31)56-30-19(40)22(47)21(46)17(8-36)53-30/h1-2,13-27,29-31,41-42,44-49,51H,3-12,36-40H2,(H,43,50)/t13-,14+,15-,16+,17-,18+,19+,20-,21+,22+,23+,24+,25+,26+,27+,29+,30+,31-/m0/s1. The van der Waals surface area contributed by atoms with Crippen molar-refractivity contribution in [1.29, 1.82) is 0 Å². The maximum absolute atomic E-state index is 14.1. The average molecular weight is 831 g/mol. The number of aliphatic hydroxyl groups excluding tert-OH is 6. The normalized spacial score (nSPS) is 43.2. The summed E-state index contributed by atoms with van der Waals surface area (Å²) in [5, 5.41) is 83.3. The third-order valence-electron chi connectivity index (χ3n) is 11.1. The number of carbonyl (C=O) groups excluding carboxylic acids is 1. The van der Waals surface area contributed by atoms with E-state index in [1.54, 1.807) is 12.2 Å². The molecule has 3 saturated heterocycles. The summed E-state index contributed by atoms with van der Waals surface area (Å²) in [6.45, 7) is -0.431. The topological polar surface area (TPSA) is 380 Å². The van der Waals surface area contributed by atoms with Crippen LogP contribution in [0.4, 0.5) is 8.78 Å². The molecule has 1 aliphatic carbocycles. The van der Waals surface area contributed by atoms with Crippen molar-refractivity contribution in [3.05, 3.63) is 12.2 Å². The molecule has 20 N–H and O–H groups in total. The van der Waals surface area contributed by atoms with E-state index in [0.29, 0.717) is 32.5 Å². The summed E-state index contributed by atoms with van der Waals surface area (Å²) < 4.78 is 63.9. The van der Waals surface area contributed by atoms with Crippen LogP contribution in [0.2, 0.25) is 0 Å². The lowest BCUT2D eigenvalue weighted by Gasteiger charge is -2.46. The van der Waals surface area contributed by atoms with E-state index in [2.05, 4.69) is 16.0 Å². The van der Waals surface area contributed by atoms with Crippen LogP contribution in [-0.4, -0.2) is 209 Å². The van der Waals surface area contributed by atoms with E-state index in [0.717, 1.165) is 0 Å². The number of hydrogen-bond acceptors (Lipinski definition) is 21. The second-order valence-corrected chi connectivity index (χ2v) is 15.3. The van der Waals surface area contributed by atoms with E-state index in [1.807, 2.05) is 0 Å². The summed E-state index contributed by atoms with van der Waals surface area (Å²) in [5.41, 5.74) is 28.7. The predicted octanol–water partition coefficient (Wildman–Crippen LogP) is -8.20. The minimum Gasteiger partial charge on any atom is -0.394 e. The number of piperidine rings is 1. The van der Waals surface area contributed by atoms with Crippen molar-refractivity contribution in [3.63, 3.8) is 0 Å². The van der Waals surface area contributed by atoms with Gasteiger partial charge in [-0.15, -0.1) is 0 Å². The molecule has 330 valence electrons. The first kappa shape index (κ1) is 46.3. The highest BCUT2D eigenvalue weighted by atomic mass is 19.3. The van der Waals surface area contributed by atoms with Crippen LogP contribution in [0.25, 0.3) is 0 Å². The van der Waals surface area contributed by atoms with Crippen LogP contribution >= 0.6 is 0 Å². The maximum atomic E-state index is 14.1. The fourth-order valence-electron chi connectivity index (χ4n) is 7.55. The van der Waals surface area contributed by atoms with E-state index in [4.69, 9.17) is 57.1 Å². The molecule has 0 radical (unpaired) electrons. The molecule has 0 unspecified atom stereocenters. The largest absolute Gasteiger partial charge is 0.394 e. The molecule has 0 bridgehead atoms. The van der Waals surface area contributed by atoms with Gasteiger partial charge in [0.2, 0.25) is 0 Å². The quantitative estimate of drug-likeness (QED) is 0.0642. The number of rotatable bonds is 16. The third kappa shape index (κ3) is 10.8. The fraction of sp³-hybridized carbons (Fsp3) is 0.909. The van der Waals surface area contributed by atoms with Gasteiger partial charge in [-0.3, -0.25) is 4.79 Å². The second-order valence-electron chi connectivity index (χ2n) is 15.3. The zero-order valence-corrected chi connectivity index (χ0v) is 31.2. The average Bonchev–Trinajstić information content (AvgIpc) is 3.48. The van der Waals surface area contributed by atoms with Crippen molar-refractivity contribution < 1.29 is 77.7 Å². The minimum atomic E-state index is -4.01. The predicted molar refractivity (Wildman–Crippen MR) is 190 cm³/mol. The van der Waals surface area contributed by atoms with E-state index in [1.165, 1.54) is 0 Å². The van der Waals surface area contributed by atoms with Crippen LogP contribution in [0.5, 0.6) is 0 Å². The summed E-state index contributed by atoms with van der Waals surface area (Å²) >= 11 is 0. The Bertz CT molecular complexity index is 1330. The monoisotopic (exact) mass is 830 g/mol. The lowest BCUT2D eigenvalue weighted by molar-refractivity contribution is -0.284. The molecule has 4 fully saturated rings. The van der Waals surface area contributed by atoms with Gasteiger partial charge in [0.25, 0.3) is 11.8 Å². The first-order chi connectivity index (χ1) is 26.9. The summed E-state index contributed by atoms with van der Waals surface area (Å²) in [6.07, 6.45) is -17.2. The van der Waals surface area contributed by atoms with Gasteiger partial charge in [-0.25, -0.2) is 8.78 Å². The van der Waals surface area contributed by atoms with Gasteiger partial charge in [-0.05, 0) is 32.4 Å². The number of alkyl halides is 2. The summed E-state index contributed by atoms with van der Waals surface area (Å²) in [4.78, 5) is 12.7. The molecular weight excluding hydrogens is 770 g/mol. The van der Waals surface area contributed by atoms with Crippen LogP contribution < -0.4 is 44.6 Å². The second kappa shape index (κ2) is 19.8. The van der Waals surface area contributed by atoms with Crippen LogP contribution in [0.3, 0.4) is 0 Å². The highest BCUT2D eigenvalue weighted by Crippen LogP contribution is 2.34. The molecule has 0 aromatic rings. The zero-order chi connectivity index (χ0) is 41.8. The molecule has 18 atom stereocenters. The Balaban J connectivity index is 1.33. The lowest BCUT2D eigenvalue weighted by Crippen LogP contribution is -2.67. The van der Waals surface area contributed by atoms with E-state index >= 15 is 0 Å². The van der Waals surface area contributed by atoms with Crippen LogP contribution in [-0.2, 0) is 33.2 Å². The molecule has 1 amide bonds. The number of amides is 1.